The summed E-state index contributed by atoms with van der Waals surface area (Å²) in [5.74, 6) is 0.389. The molecule has 0 unspecified atom stereocenters. The van der Waals surface area contributed by atoms with E-state index in [0.717, 1.165) is 20.0 Å². The van der Waals surface area contributed by atoms with Crippen molar-refractivity contribution in [3.05, 3.63) is 43.9 Å². The molecule has 0 fully saturated rings. The minimum atomic E-state index is -0.0261. The van der Waals surface area contributed by atoms with Crippen molar-refractivity contribution >= 4 is 45.5 Å². The van der Waals surface area contributed by atoms with Crippen LogP contribution < -0.4 is 5.32 Å². The number of carbonyl (C=O) groups excluding carboxylic acids is 1. The molecule has 1 aromatic carbocycles. The van der Waals surface area contributed by atoms with Gasteiger partial charge in [0, 0.05) is 20.6 Å². The second kappa shape index (κ2) is 6.47. The number of nitrogens with one attached hydrogen (secondary N) is 1. The molecule has 1 heterocycles. The lowest BCUT2D eigenvalue weighted by atomic mass is 10.2. The normalized spacial score (nSPS) is 10.7. The van der Waals surface area contributed by atoms with Crippen LogP contribution in [0.2, 0.25) is 0 Å². The fourth-order valence-electron chi connectivity index (χ4n) is 1.57. The van der Waals surface area contributed by atoms with Gasteiger partial charge in [0.2, 0.25) is 5.91 Å². The Morgan fingerprint density at radius 2 is 2.05 bits per heavy atom. The van der Waals surface area contributed by atoms with E-state index in [1.165, 1.54) is 0 Å². The molecule has 1 aromatic heterocycles. The zero-order valence-corrected chi connectivity index (χ0v) is 13.8. The lowest BCUT2D eigenvalue weighted by Gasteiger charge is -2.04. The Hall–Kier alpha value is -0.950. The molecule has 0 radical (unpaired) electrons. The van der Waals surface area contributed by atoms with Crippen LogP contribution in [0.1, 0.15) is 30.5 Å². The largest absolute Gasteiger partial charge is 0.326 e. The van der Waals surface area contributed by atoms with Crippen molar-refractivity contribution < 1.29 is 4.79 Å². The van der Waals surface area contributed by atoms with Crippen LogP contribution in [0.5, 0.6) is 0 Å². The Labute approximate surface area is 130 Å². The molecule has 0 aliphatic rings. The molecule has 0 bridgehead atoms. The summed E-state index contributed by atoms with van der Waals surface area (Å²) in [7, 11) is 0. The Morgan fingerprint density at radius 3 is 2.63 bits per heavy atom. The van der Waals surface area contributed by atoms with E-state index in [0.29, 0.717) is 12.3 Å². The van der Waals surface area contributed by atoms with Gasteiger partial charge in [0.1, 0.15) is 0 Å². The molecule has 1 N–H and O–H groups in total. The predicted octanol–water partition coefficient (Wildman–Crippen LogP) is 4.05. The molecule has 3 nitrogen and oxygen atoms in total. The van der Waals surface area contributed by atoms with E-state index < -0.39 is 0 Å². The molecule has 0 aliphatic carbocycles. The summed E-state index contributed by atoms with van der Waals surface area (Å²) in [6, 6.07) is 7.74. The van der Waals surface area contributed by atoms with E-state index in [4.69, 9.17) is 0 Å². The van der Waals surface area contributed by atoms with Crippen molar-refractivity contribution in [3.63, 3.8) is 0 Å². The highest BCUT2D eigenvalue weighted by Gasteiger charge is 2.09. The predicted molar refractivity (Wildman–Crippen MR) is 87.7 cm³/mol. The van der Waals surface area contributed by atoms with E-state index in [2.05, 4.69) is 46.7 Å². The Kier molecular flexibility index (Phi) is 4.93. The third-order valence-corrected chi connectivity index (χ3v) is 4.45. The Morgan fingerprint density at radius 1 is 1.37 bits per heavy atom. The van der Waals surface area contributed by atoms with Crippen molar-refractivity contribution in [2.24, 2.45) is 0 Å². The van der Waals surface area contributed by atoms with Gasteiger partial charge in [0.25, 0.3) is 0 Å². The molecule has 19 heavy (non-hydrogen) atoms. The van der Waals surface area contributed by atoms with Crippen LogP contribution in [-0.2, 0) is 11.2 Å². The number of benzene rings is 1. The maximum absolute atomic E-state index is 11.9. The number of rotatable bonds is 4. The topological polar surface area (TPSA) is 42.0 Å². The maximum Gasteiger partial charge on any atom is 0.230 e. The average molecular weight is 386 g/mol. The number of anilines is 1. The van der Waals surface area contributed by atoms with Crippen molar-refractivity contribution in [2.75, 3.05) is 5.32 Å². The summed E-state index contributed by atoms with van der Waals surface area (Å²) in [6.45, 7) is 4.21. The SMILES string of the molecule is CC(C)c1nc(CC(=O)Nc2ccc(I)cc2)cs1. The Bertz CT molecular complexity index is 563. The van der Waals surface area contributed by atoms with E-state index in [1.54, 1.807) is 11.3 Å². The minimum absolute atomic E-state index is 0.0261. The molecular formula is C14H15IN2OS. The second-order valence-electron chi connectivity index (χ2n) is 4.56. The van der Waals surface area contributed by atoms with Gasteiger partial charge in [-0.15, -0.1) is 11.3 Å². The van der Waals surface area contributed by atoms with Crippen LogP contribution in [-0.4, -0.2) is 10.9 Å². The average Bonchev–Trinajstić information content (AvgIpc) is 2.80. The number of thiazole rings is 1. The highest BCUT2D eigenvalue weighted by atomic mass is 127. The molecule has 1 amide bonds. The zero-order chi connectivity index (χ0) is 13.8. The standard InChI is InChI=1S/C14H15IN2OS/c1-9(2)14-17-12(8-19-14)7-13(18)16-11-5-3-10(15)4-6-11/h3-6,8-9H,7H2,1-2H3,(H,16,18). The molecule has 0 aliphatic heterocycles. The molecule has 0 saturated heterocycles. The van der Waals surface area contributed by atoms with Gasteiger partial charge in [-0.05, 0) is 46.9 Å². The smallest absolute Gasteiger partial charge is 0.230 e. The lowest BCUT2D eigenvalue weighted by Crippen LogP contribution is -2.14. The summed E-state index contributed by atoms with van der Waals surface area (Å²) in [5.41, 5.74) is 1.67. The van der Waals surface area contributed by atoms with Gasteiger partial charge in [-0.1, -0.05) is 13.8 Å². The van der Waals surface area contributed by atoms with Gasteiger partial charge in [0.05, 0.1) is 17.1 Å². The highest BCUT2D eigenvalue weighted by Crippen LogP contribution is 2.19. The molecule has 0 atom stereocenters. The number of hydrogen-bond acceptors (Lipinski definition) is 3. The van der Waals surface area contributed by atoms with Crippen LogP contribution in [0, 0.1) is 3.57 Å². The van der Waals surface area contributed by atoms with Crippen molar-refractivity contribution in [1.82, 2.24) is 4.98 Å². The molecule has 5 heteroatoms. The summed E-state index contributed by atoms with van der Waals surface area (Å²) >= 11 is 3.85. The summed E-state index contributed by atoms with van der Waals surface area (Å²) in [4.78, 5) is 16.4. The van der Waals surface area contributed by atoms with Gasteiger partial charge in [-0.25, -0.2) is 4.98 Å². The van der Waals surface area contributed by atoms with Crippen LogP contribution in [0.15, 0.2) is 29.6 Å². The van der Waals surface area contributed by atoms with E-state index >= 15 is 0 Å². The highest BCUT2D eigenvalue weighted by molar-refractivity contribution is 14.1. The number of halogens is 1. The number of amides is 1. The molecule has 0 saturated carbocycles. The van der Waals surface area contributed by atoms with Crippen molar-refractivity contribution in [3.8, 4) is 0 Å². The molecule has 2 aromatic rings. The van der Waals surface area contributed by atoms with Gasteiger partial charge >= 0.3 is 0 Å². The first-order valence-corrected chi connectivity index (χ1v) is 8.00. The summed E-state index contributed by atoms with van der Waals surface area (Å²) in [6.07, 6.45) is 0.329. The second-order valence-corrected chi connectivity index (χ2v) is 6.70. The number of nitrogens with zero attached hydrogens (tertiary/aromatic N) is 1. The van der Waals surface area contributed by atoms with Crippen LogP contribution in [0.4, 0.5) is 5.69 Å². The molecule has 100 valence electrons. The number of carbonyl (C=O) groups is 1. The first-order valence-electron chi connectivity index (χ1n) is 6.04. The van der Waals surface area contributed by atoms with Gasteiger partial charge < -0.3 is 5.32 Å². The number of hydrogen-bond donors (Lipinski definition) is 1. The van der Waals surface area contributed by atoms with Crippen LogP contribution in [0.3, 0.4) is 0 Å². The molecular weight excluding hydrogens is 371 g/mol. The summed E-state index contributed by atoms with van der Waals surface area (Å²) < 4.78 is 1.15. The minimum Gasteiger partial charge on any atom is -0.326 e. The zero-order valence-electron chi connectivity index (χ0n) is 10.8. The Balaban J connectivity index is 1.95. The molecule has 0 spiro atoms. The fraction of sp³-hybridized carbons (Fsp3) is 0.286. The van der Waals surface area contributed by atoms with E-state index in [1.807, 2.05) is 29.6 Å². The molecule has 2 rings (SSSR count). The monoisotopic (exact) mass is 386 g/mol. The van der Waals surface area contributed by atoms with Gasteiger partial charge in [-0.2, -0.15) is 0 Å². The van der Waals surface area contributed by atoms with Gasteiger partial charge in [0.15, 0.2) is 0 Å². The van der Waals surface area contributed by atoms with Crippen molar-refractivity contribution in [1.29, 1.82) is 0 Å². The van der Waals surface area contributed by atoms with Gasteiger partial charge in [-0.3, -0.25) is 4.79 Å². The fourth-order valence-corrected chi connectivity index (χ4v) is 2.77. The quantitative estimate of drug-likeness (QED) is 0.806. The first kappa shape index (κ1) is 14.5. The van der Waals surface area contributed by atoms with E-state index in [-0.39, 0.29) is 5.91 Å². The summed E-state index contributed by atoms with van der Waals surface area (Å²) in [5, 5.41) is 5.92. The third-order valence-electron chi connectivity index (χ3n) is 2.53. The van der Waals surface area contributed by atoms with Crippen LogP contribution >= 0.6 is 33.9 Å². The first-order chi connectivity index (χ1) is 9.04. The third kappa shape index (κ3) is 4.28. The maximum atomic E-state index is 11.9. The van der Waals surface area contributed by atoms with Crippen molar-refractivity contribution in [2.45, 2.75) is 26.2 Å². The van der Waals surface area contributed by atoms with Crippen LogP contribution in [0.25, 0.3) is 0 Å². The van der Waals surface area contributed by atoms with E-state index in [9.17, 15) is 4.79 Å². The number of aromatic nitrogens is 1. The lowest BCUT2D eigenvalue weighted by molar-refractivity contribution is -0.115.